The maximum atomic E-state index is 13.7. The molecule has 0 aliphatic carbocycles. The van der Waals surface area contributed by atoms with E-state index in [9.17, 15) is 18.8 Å². The molecule has 1 aromatic heterocycles. The number of furan rings is 1. The van der Waals surface area contributed by atoms with Gasteiger partial charge in [0.15, 0.2) is 11.6 Å². The number of hydrogen-bond acceptors (Lipinski definition) is 7. The lowest BCUT2D eigenvalue weighted by Gasteiger charge is -2.25. The molecular weight excluding hydrogens is 398 g/mol. The van der Waals surface area contributed by atoms with E-state index in [4.69, 9.17) is 24.4 Å². The number of nitrogens with two attached hydrogens (primary N) is 1. The van der Waals surface area contributed by atoms with Crippen molar-refractivity contribution in [1.82, 2.24) is 0 Å². The summed E-state index contributed by atoms with van der Waals surface area (Å²) in [5.41, 5.74) is 5.91. The molecule has 156 valence electrons. The highest BCUT2D eigenvalue weighted by molar-refractivity contribution is 5.92. The monoisotopic (exact) mass is 416 g/mol. The van der Waals surface area contributed by atoms with Gasteiger partial charge in [0, 0.05) is 6.07 Å². The fraction of sp³-hybridized carbons (Fsp3) is 0.238. The van der Waals surface area contributed by atoms with Gasteiger partial charge in [0.25, 0.3) is 0 Å². The van der Waals surface area contributed by atoms with Gasteiger partial charge in [0.1, 0.15) is 41.3 Å². The van der Waals surface area contributed by atoms with E-state index in [1.54, 1.807) is 19.1 Å². The lowest BCUT2D eigenvalue weighted by atomic mass is 9.87. The molecule has 0 spiro atoms. The van der Waals surface area contributed by atoms with Crippen LogP contribution >= 0.6 is 0 Å². The van der Waals surface area contributed by atoms with Gasteiger partial charge in [-0.1, -0.05) is 0 Å². The number of carbonyl (C=O) groups is 1. The third-order valence-electron chi connectivity index (χ3n) is 4.33. The number of rotatable bonds is 6. The molecule has 2 aromatic rings. The molecule has 2 N–H and O–H groups in total. The van der Waals surface area contributed by atoms with Crippen LogP contribution < -0.4 is 10.5 Å². The van der Waals surface area contributed by atoms with Crippen LogP contribution in [0.4, 0.5) is 8.78 Å². The Hall–Kier alpha value is -3.80. The Morgan fingerprint density at radius 1 is 1.30 bits per heavy atom. The average molecular weight is 416 g/mol. The number of esters is 1. The van der Waals surface area contributed by atoms with Crippen molar-refractivity contribution in [2.75, 3.05) is 6.61 Å². The summed E-state index contributed by atoms with van der Waals surface area (Å²) in [5, 5.41) is 9.54. The van der Waals surface area contributed by atoms with E-state index >= 15 is 0 Å². The van der Waals surface area contributed by atoms with E-state index in [1.807, 2.05) is 6.07 Å². The van der Waals surface area contributed by atoms with Gasteiger partial charge in [-0.05, 0) is 38.1 Å². The van der Waals surface area contributed by atoms with Crippen molar-refractivity contribution in [3.8, 4) is 11.8 Å². The number of nitriles is 1. The third kappa shape index (κ3) is 4.12. The zero-order valence-electron chi connectivity index (χ0n) is 16.2. The van der Waals surface area contributed by atoms with E-state index in [0.717, 1.165) is 12.1 Å². The van der Waals surface area contributed by atoms with E-state index in [1.165, 1.54) is 6.92 Å². The smallest absolute Gasteiger partial charge is 0.338 e. The summed E-state index contributed by atoms with van der Waals surface area (Å²) in [7, 11) is 0. The number of ether oxygens (including phenoxy) is 3. The summed E-state index contributed by atoms with van der Waals surface area (Å²) >= 11 is 0. The first-order valence-electron chi connectivity index (χ1n) is 8.97. The van der Waals surface area contributed by atoms with Gasteiger partial charge in [-0.15, -0.1) is 0 Å². The molecule has 0 radical (unpaired) electrons. The second-order valence-electron chi connectivity index (χ2n) is 6.28. The molecule has 1 aliphatic rings. The predicted octanol–water partition coefficient (Wildman–Crippen LogP) is 3.78. The number of allylic oxidation sites excluding steroid dienone is 2. The largest absolute Gasteiger partial charge is 0.483 e. The van der Waals surface area contributed by atoms with Gasteiger partial charge in [-0.2, -0.15) is 5.26 Å². The van der Waals surface area contributed by atoms with Crippen molar-refractivity contribution in [2.24, 2.45) is 5.73 Å². The summed E-state index contributed by atoms with van der Waals surface area (Å²) in [6, 6.07) is 7.98. The minimum atomic E-state index is -0.931. The van der Waals surface area contributed by atoms with Gasteiger partial charge < -0.3 is 24.4 Å². The average Bonchev–Trinajstić information content (AvgIpc) is 3.15. The molecule has 1 aromatic carbocycles. The molecule has 7 nitrogen and oxygen atoms in total. The predicted molar refractivity (Wildman–Crippen MR) is 99.4 cm³/mol. The molecule has 0 saturated heterocycles. The van der Waals surface area contributed by atoms with Gasteiger partial charge in [-0.3, -0.25) is 0 Å². The van der Waals surface area contributed by atoms with Gasteiger partial charge >= 0.3 is 5.97 Å². The summed E-state index contributed by atoms with van der Waals surface area (Å²) in [4.78, 5) is 12.5. The minimum Gasteiger partial charge on any atom is -0.483 e. The van der Waals surface area contributed by atoms with Gasteiger partial charge in [0.05, 0.1) is 18.1 Å². The minimum absolute atomic E-state index is 0.00458. The Kier molecular flexibility index (Phi) is 6.06. The first-order valence-corrected chi connectivity index (χ1v) is 8.97. The quantitative estimate of drug-likeness (QED) is 0.714. The standard InChI is InChI=1S/C21H18F2N2O5/c1-3-27-21(26)18-11(2)29-20(25)14(9-24)19(18)17-7-5-13(30-17)10-28-16-6-4-12(22)8-15(16)23/h4-8,19H,3,10,25H2,1-2H3/t19-/m1/s1. The Morgan fingerprint density at radius 3 is 2.73 bits per heavy atom. The van der Waals surface area contributed by atoms with Crippen LogP contribution in [0, 0.1) is 23.0 Å². The van der Waals surface area contributed by atoms with E-state index < -0.39 is 23.5 Å². The number of halogens is 2. The fourth-order valence-corrected chi connectivity index (χ4v) is 3.01. The number of hydrogen-bond donors (Lipinski definition) is 1. The Labute approximate surface area is 170 Å². The SMILES string of the molecule is CCOC(=O)C1=C(C)OC(N)=C(C#N)[C@@H]1c1ccc(COc2ccc(F)cc2F)o1. The zero-order chi connectivity index (χ0) is 21.8. The van der Waals surface area contributed by atoms with Crippen molar-refractivity contribution >= 4 is 5.97 Å². The second kappa shape index (κ2) is 8.69. The molecule has 0 fully saturated rings. The molecule has 3 rings (SSSR count). The normalized spacial score (nSPS) is 16.2. The second-order valence-corrected chi connectivity index (χ2v) is 6.28. The van der Waals surface area contributed by atoms with Crippen LogP contribution in [-0.4, -0.2) is 12.6 Å². The molecular formula is C21H18F2N2O5. The molecule has 0 bridgehead atoms. The summed E-state index contributed by atoms with van der Waals surface area (Å²) in [6.45, 7) is 3.15. The van der Waals surface area contributed by atoms with Crippen molar-refractivity contribution in [3.05, 3.63) is 76.3 Å². The van der Waals surface area contributed by atoms with Crippen LogP contribution in [0.1, 0.15) is 31.3 Å². The molecule has 9 heteroatoms. The van der Waals surface area contributed by atoms with Crippen LogP contribution in [0.3, 0.4) is 0 Å². The molecule has 1 aliphatic heterocycles. The van der Waals surface area contributed by atoms with E-state index in [-0.39, 0.29) is 53.3 Å². The van der Waals surface area contributed by atoms with Crippen LogP contribution in [0.2, 0.25) is 0 Å². The van der Waals surface area contributed by atoms with Gasteiger partial charge in [0.2, 0.25) is 5.88 Å². The maximum absolute atomic E-state index is 13.7. The Morgan fingerprint density at radius 2 is 2.07 bits per heavy atom. The lowest BCUT2D eigenvalue weighted by Crippen LogP contribution is -2.25. The van der Waals surface area contributed by atoms with Crippen molar-refractivity contribution in [2.45, 2.75) is 26.4 Å². The first kappa shape index (κ1) is 20.9. The maximum Gasteiger partial charge on any atom is 0.338 e. The Balaban J connectivity index is 1.89. The van der Waals surface area contributed by atoms with E-state index in [0.29, 0.717) is 6.07 Å². The molecule has 0 unspecified atom stereocenters. The van der Waals surface area contributed by atoms with Crippen LogP contribution in [0.25, 0.3) is 0 Å². The molecule has 2 heterocycles. The highest BCUT2D eigenvalue weighted by Crippen LogP contribution is 2.40. The molecule has 0 saturated carbocycles. The lowest BCUT2D eigenvalue weighted by molar-refractivity contribution is -0.139. The summed E-state index contributed by atoms with van der Waals surface area (Å²) in [6.07, 6.45) is 0. The van der Waals surface area contributed by atoms with E-state index in [2.05, 4.69) is 0 Å². The van der Waals surface area contributed by atoms with Gasteiger partial charge in [-0.25, -0.2) is 13.6 Å². The molecule has 1 atom stereocenters. The van der Waals surface area contributed by atoms with Crippen molar-refractivity contribution in [3.63, 3.8) is 0 Å². The van der Waals surface area contributed by atoms with Crippen LogP contribution in [0.15, 0.2) is 57.5 Å². The third-order valence-corrected chi connectivity index (χ3v) is 4.33. The molecule has 30 heavy (non-hydrogen) atoms. The Bertz CT molecular complexity index is 1080. The molecule has 0 amide bonds. The fourth-order valence-electron chi connectivity index (χ4n) is 3.01. The number of carbonyl (C=O) groups excluding carboxylic acids is 1. The van der Waals surface area contributed by atoms with Crippen LogP contribution in [-0.2, 0) is 20.9 Å². The number of benzene rings is 1. The van der Waals surface area contributed by atoms with Crippen LogP contribution in [0.5, 0.6) is 5.75 Å². The summed E-state index contributed by atoms with van der Waals surface area (Å²) < 4.78 is 48.2. The highest BCUT2D eigenvalue weighted by atomic mass is 19.1. The first-order chi connectivity index (χ1) is 14.3. The highest BCUT2D eigenvalue weighted by Gasteiger charge is 2.38. The zero-order valence-corrected chi connectivity index (χ0v) is 16.2. The van der Waals surface area contributed by atoms with Crippen molar-refractivity contribution < 1.29 is 32.2 Å². The topological polar surface area (TPSA) is 108 Å². The number of nitrogens with zero attached hydrogens (tertiary/aromatic N) is 1. The summed E-state index contributed by atoms with van der Waals surface area (Å²) in [5.74, 6) is -2.74. The van der Waals surface area contributed by atoms with Crippen molar-refractivity contribution in [1.29, 1.82) is 5.26 Å².